The first kappa shape index (κ1) is 17.1. The molecule has 0 saturated carbocycles. The summed E-state index contributed by atoms with van der Waals surface area (Å²) in [5.74, 6) is -0.491. The van der Waals surface area contributed by atoms with Crippen LogP contribution in [0.3, 0.4) is 0 Å². The molecule has 2 rings (SSSR count). The molecule has 2 N–H and O–H groups in total. The van der Waals surface area contributed by atoms with Crippen molar-refractivity contribution in [2.24, 2.45) is 4.99 Å². The molecule has 0 bridgehead atoms. The number of likely N-dealkylation sites (N-methyl/N-ethyl adjacent to an activating group) is 1. The van der Waals surface area contributed by atoms with E-state index in [2.05, 4.69) is 17.6 Å². The Morgan fingerprint density at radius 1 is 1.64 bits per heavy atom. The molecule has 2 atom stereocenters. The number of halogens is 1. The van der Waals surface area contributed by atoms with Crippen LogP contribution >= 0.6 is 24.4 Å². The Bertz CT molecular complexity index is 597. The molecule has 0 fully saturated rings. The average molecular weight is 344 g/mol. The van der Waals surface area contributed by atoms with Gasteiger partial charge >= 0.3 is 5.97 Å². The standard InChI is InChI=1S/C14H17FN2O3S2/c1-17(11(6-21)14(19)20)5-9-7-22-13(16-9)10-4-8(15)2-3-12(10)18/h2-4,9,11,18,21H,5-7H2,1H3,(H,19,20)/t9?,11-/m1/s1. The monoisotopic (exact) mass is 344 g/mol. The summed E-state index contributed by atoms with van der Waals surface area (Å²) in [6.45, 7) is 0.462. The Kier molecular flexibility index (Phi) is 5.71. The maximum atomic E-state index is 13.3. The second-order valence-electron chi connectivity index (χ2n) is 5.04. The van der Waals surface area contributed by atoms with E-state index in [1.54, 1.807) is 11.9 Å². The molecule has 0 aromatic heterocycles. The first-order valence-electron chi connectivity index (χ1n) is 6.65. The molecule has 0 saturated heterocycles. The van der Waals surface area contributed by atoms with Crippen LogP contribution in [0, 0.1) is 5.82 Å². The number of aliphatic imine (C=N–C) groups is 1. The lowest BCUT2D eigenvalue weighted by molar-refractivity contribution is -0.141. The molecule has 1 heterocycles. The molecule has 1 aliphatic rings. The molecule has 0 amide bonds. The van der Waals surface area contributed by atoms with E-state index < -0.39 is 17.8 Å². The largest absolute Gasteiger partial charge is 0.507 e. The highest BCUT2D eigenvalue weighted by atomic mass is 32.2. The number of hydrogen-bond donors (Lipinski definition) is 3. The third-order valence-corrected chi connectivity index (χ3v) is 4.89. The van der Waals surface area contributed by atoms with Gasteiger partial charge in [0.15, 0.2) is 0 Å². The van der Waals surface area contributed by atoms with E-state index in [9.17, 15) is 14.3 Å². The highest BCUT2D eigenvalue weighted by Crippen LogP contribution is 2.29. The zero-order chi connectivity index (χ0) is 16.3. The predicted octanol–water partition coefficient (Wildman–Crippen LogP) is 1.71. The number of thioether (sulfide) groups is 1. The quantitative estimate of drug-likeness (QED) is 0.685. The van der Waals surface area contributed by atoms with E-state index in [4.69, 9.17) is 5.11 Å². The number of aliphatic carboxylic acids is 1. The van der Waals surface area contributed by atoms with E-state index in [1.807, 2.05) is 0 Å². The van der Waals surface area contributed by atoms with Gasteiger partial charge in [0, 0.05) is 18.1 Å². The highest BCUT2D eigenvalue weighted by Gasteiger charge is 2.27. The molecule has 1 unspecified atom stereocenters. The van der Waals surface area contributed by atoms with E-state index in [-0.39, 0.29) is 17.5 Å². The molecular weight excluding hydrogens is 327 g/mol. The van der Waals surface area contributed by atoms with Crippen molar-refractivity contribution in [2.45, 2.75) is 12.1 Å². The van der Waals surface area contributed by atoms with Crippen LogP contribution in [0.5, 0.6) is 5.75 Å². The van der Waals surface area contributed by atoms with Crippen molar-refractivity contribution < 1.29 is 19.4 Å². The molecule has 8 heteroatoms. The number of benzene rings is 1. The number of rotatable bonds is 6. The third-order valence-electron chi connectivity index (χ3n) is 3.39. The van der Waals surface area contributed by atoms with Crippen molar-refractivity contribution in [2.75, 3.05) is 25.1 Å². The maximum Gasteiger partial charge on any atom is 0.321 e. The number of hydrogen-bond acceptors (Lipinski definition) is 6. The summed E-state index contributed by atoms with van der Waals surface area (Å²) in [6.07, 6.45) is 0. The SMILES string of the molecule is CN(CC1CSC(c2cc(F)ccc2O)=N1)[C@H](CS)C(=O)O. The fraction of sp³-hybridized carbons (Fsp3) is 0.429. The minimum atomic E-state index is -0.921. The first-order valence-corrected chi connectivity index (χ1v) is 8.27. The lowest BCUT2D eigenvalue weighted by Gasteiger charge is -2.24. The minimum Gasteiger partial charge on any atom is -0.507 e. The number of phenolic OH excluding ortho intramolecular Hbond substituents is 1. The Morgan fingerprint density at radius 2 is 2.36 bits per heavy atom. The van der Waals surface area contributed by atoms with Crippen LogP contribution in [-0.2, 0) is 4.79 Å². The van der Waals surface area contributed by atoms with Gasteiger partial charge in [-0.1, -0.05) is 0 Å². The molecule has 1 aromatic rings. The summed E-state index contributed by atoms with van der Waals surface area (Å²) in [5, 5.41) is 19.5. The Labute approximate surface area is 137 Å². The van der Waals surface area contributed by atoms with Crippen molar-refractivity contribution in [3.05, 3.63) is 29.6 Å². The zero-order valence-electron chi connectivity index (χ0n) is 11.9. The molecule has 22 heavy (non-hydrogen) atoms. The van der Waals surface area contributed by atoms with Crippen LogP contribution in [-0.4, -0.2) is 63.3 Å². The van der Waals surface area contributed by atoms with Gasteiger partial charge in [-0.2, -0.15) is 12.6 Å². The highest BCUT2D eigenvalue weighted by molar-refractivity contribution is 8.14. The number of carbonyl (C=O) groups is 1. The Morgan fingerprint density at radius 3 is 3.00 bits per heavy atom. The van der Waals surface area contributed by atoms with E-state index in [1.165, 1.54) is 30.0 Å². The molecule has 0 radical (unpaired) electrons. The average Bonchev–Trinajstić information content (AvgIpc) is 2.90. The van der Waals surface area contributed by atoms with Gasteiger partial charge in [0.05, 0.1) is 11.6 Å². The fourth-order valence-corrected chi connectivity index (χ4v) is 3.71. The van der Waals surface area contributed by atoms with Crippen molar-refractivity contribution in [3.63, 3.8) is 0 Å². The van der Waals surface area contributed by atoms with Crippen molar-refractivity contribution in [1.29, 1.82) is 0 Å². The van der Waals surface area contributed by atoms with Gasteiger partial charge in [0.25, 0.3) is 0 Å². The van der Waals surface area contributed by atoms with Crippen molar-refractivity contribution in [3.8, 4) is 5.75 Å². The van der Waals surface area contributed by atoms with Gasteiger partial charge in [-0.3, -0.25) is 14.7 Å². The number of phenols is 1. The number of carboxylic acids is 1. The number of aromatic hydroxyl groups is 1. The van der Waals surface area contributed by atoms with Crippen LogP contribution in [0.2, 0.25) is 0 Å². The topological polar surface area (TPSA) is 73.1 Å². The normalized spacial score (nSPS) is 19.3. The van der Waals surface area contributed by atoms with Gasteiger partial charge in [0.1, 0.15) is 22.7 Å². The van der Waals surface area contributed by atoms with Crippen LogP contribution in [0.15, 0.2) is 23.2 Å². The second kappa shape index (κ2) is 7.34. The number of nitrogens with zero attached hydrogens (tertiary/aromatic N) is 2. The summed E-state index contributed by atoms with van der Waals surface area (Å²) in [7, 11) is 1.72. The zero-order valence-corrected chi connectivity index (χ0v) is 13.6. The van der Waals surface area contributed by atoms with Gasteiger partial charge in [0.2, 0.25) is 0 Å². The first-order chi connectivity index (χ1) is 10.4. The molecule has 0 aliphatic carbocycles. The molecular formula is C14H17FN2O3S2. The van der Waals surface area contributed by atoms with Crippen LogP contribution in [0.4, 0.5) is 4.39 Å². The fourth-order valence-electron chi connectivity index (χ4n) is 2.20. The summed E-state index contributed by atoms with van der Waals surface area (Å²) in [5.41, 5.74) is 0.374. The van der Waals surface area contributed by atoms with E-state index >= 15 is 0 Å². The maximum absolute atomic E-state index is 13.3. The predicted molar refractivity (Wildman–Crippen MR) is 88.8 cm³/mol. The van der Waals surface area contributed by atoms with Crippen molar-refractivity contribution in [1.82, 2.24) is 4.90 Å². The summed E-state index contributed by atoms with van der Waals surface area (Å²) in [6, 6.07) is 2.97. The molecule has 1 aromatic carbocycles. The lowest BCUT2D eigenvalue weighted by Crippen LogP contribution is -2.43. The van der Waals surface area contributed by atoms with Gasteiger partial charge < -0.3 is 10.2 Å². The lowest BCUT2D eigenvalue weighted by atomic mass is 10.2. The van der Waals surface area contributed by atoms with Crippen LogP contribution in [0.1, 0.15) is 5.56 Å². The van der Waals surface area contributed by atoms with Gasteiger partial charge in [-0.05, 0) is 25.2 Å². The summed E-state index contributed by atoms with van der Waals surface area (Å²) in [4.78, 5) is 17.3. The molecule has 120 valence electrons. The number of thiol groups is 1. The Balaban J connectivity index is 2.09. The van der Waals surface area contributed by atoms with E-state index in [0.29, 0.717) is 22.9 Å². The molecule has 0 spiro atoms. The summed E-state index contributed by atoms with van der Waals surface area (Å²) < 4.78 is 13.3. The minimum absolute atomic E-state index is 0.0135. The second-order valence-corrected chi connectivity index (χ2v) is 6.41. The summed E-state index contributed by atoms with van der Waals surface area (Å²) >= 11 is 5.48. The van der Waals surface area contributed by atoms with E-state index in [0.717, 1.165) is 0 Å². The smallest absolute Gasteiger partial charge is 0.321 e. The van der Waals surface area contributed by atoms with Gasteiger partial charge in [-0.15, -0.1) is 11.8 Å². The Hall–Kier alpha value is -1.25. The van der Waals surface area contributed by atoms with Crippen LogP contribution in [0.25, 0.3) is 0 Å². The van der Waals surface area contributed by atoms with Gasteiger partial charge in [-0.25, -0.2) is 4.39 Å². The molecule has 1 aliphatic heterocycles. The molecule has 5 nitrogen and oxygen atoms in total. The third kappa shape index (κ3) is 3.93. The number of carboxylic acid groups (broad SMARTS) is 1. The van der Waals surface area contributed by atoms with Crippen LogP contribution < -0.4 is 0 Å². The van der Waals surface area contributed by atoms with Crippen molar-refractivity contribution >= 4 is 35.4 Å².